The number of benzene rings is 3. The van der Waals surface area contributed by atoms with Crippen molar-refractivity contribution in [3.8, 4) is 0 Å². The van der Waals surface area contributed by atoms with E-state index in [2.05, 4.69) is 0 Å². The Morgan fingerprint density at radius 2 is 1.42 bits per heavy atom. The maximum absolute atomic E-state index is 13.1. The summed E-state index contributed by atoms with van der Waals surface area (Å²) in [5.74, 6) is -0.963. The molecule has 0 bridgehead atoms. The number of ketones is 2. The van der Waals surface area contributed by atoms with Crippen molar-refractivity contribution >= 4 is 28.0 Å². The number of rotatable bonds is 2. The summed E-state index contributed by atoms with van der Waals surface area (Å²) in [7, 11) is 3.92. The first kappa shape index (κ1) is 14.6. The number of carbonyl (C=O) groups excluding carboxylic acids is 2. The van der Waals surface area contributed by atoms with Crippen LogP contribution in [0.3, 0.4) is 0 Å². The van der Waals surface area contributed by atoms with Crippen LogP contribution < -0.4 is 4.90 Å². The third-order valence-corrected chi connectivity index (χ3v) is 4.69. The van der Waals surface area contributed by atoms with E-state index in [9.17, 15) is 9.59 Å². The number of anilines is 1. The van der Waals surface area contributed by atoms with Gasteiger partial charge in [-0.2, -0.15) is 0 Å². The summed E-state index contributed by atoms with van der Waals surface area (Å²) >= 11 is 0. The van der Waals surface area contributed by atoms with Crippen LogP contribution in [0.4, 0.5) is 5.69 Å². The highest BCUT2D eigenvalue weighted by molar-refractivity contribution is 6.32. The van der Waals surface area contributed by atoms with Crippen LogP contribution in [0.2, 0.25) is 0 Å². The van der Waals surface area contributed by atoms with Crippen molar-refractivity contribution in [2.75, 3.05) is 19.0 Å². The van der Waals surface area contributed by atoms with E-state index < -0.39 is 5.92 Å². The monoisotopic (exact) mass is 315 g/mol. The first-order valence-electron chi connectivity index (χ1n) is 7.96. The second-order valence-corrected chi connectivity index (χ2v) is 6.33. The van der Waals surface area contributed by atoms with Crippen molar-refractivity contribution in [1.82, 2.24) is 0 Å². The van der Waals surface area contributed by atoms with Crippen LogP contribution in [-0.4, -0.2) is 25.7 Å². The summed E-state index contributed by atoms with van der Waals surface area (Å²) in [6.45, 7) is 0. The summed E-state index contributed by atoms with van der Waals surface area (Å²) in [6.07, 6.45) is 0. The lowest BCUT2D eigenvalue weighted by Gasteiger charge is -2.25. The van der Waals surface area contributed by atoms with Crippen LogP contribution in [0.25, 0.3) is 10.8 Å². The normalized spacial score (nSPS) is 16.5. The van der Waals surface area contributed by atoms with Gasteiger partial charge in [-0.15, -0.1) is 0 Å². The zero-order valence-electron chi connectivity index (χ0n) is 13.6. The Labute approximate surface area is 140 Å². The largest absolute Gasteiger partial charge is 0.377 e. The van der Waals surface area contributed by atoms with Gasteiger partial charge in [0.2, 0.25) is 0 Å². The molecule has 0 heterocycles. The molecule has 1 atom stereocenters. The number of Topliss-reactive ketones (excluding diaryl/α,β-unsaturated/α-hetero) is 2. The van der Waals surface area contributed by atoms with Gasteiger partial charge >= 0.3 is 0 Å². The van der Waals surface area contributed by atoms with E-state index >= 15 is 0 Å². The summed E-state index contributed by atoms with van der Waals surface area (Å²) < 4.78 is 0. The Balaban J connectivity index is 2.01. The average Bonchev–Trinajstić information content (AvgIpc) is 2.60. The van der Waals surface area contributed by atoms with Crippen molar-refractivity contribution in [3.63, 3.8) is 0 Å². The predicted molar refractivity (Wildman–Crippen MR) is 96.1 cm³/mol. The van der Waals surface area contributed by atoms with E-state index in [1.165, 1.54) is 0 Å². The van der Waals surface area contributed by atoms with Gasteiger partial charge in [-0.25, -0.2) is 0 Å². The molecule has 0 aromatic heterocycles. The number of hydrogen-bond donors (Lipinski definition) is 0. The van der Waals surface area contributed by atoms with Gasteiger partial charge in [-0.05, 0) is 17.7 Å². The van der Waals surface area contributed by atoms with Gasteiger partial charge in [0.25, 0.3) is 0 Å². The SMILES string of the molecule is CN(C)c1ccc2c3c(cccc13)C(=O)C(c1ccccc1)C2=O. The van der Waals surface area contributed by atoms with E-state index in [1.807, 2.05) is 79.7 Å². The molecule has 3 heteroatoms. The van der Waals surface area contributed by atoms with Gasteiger partial charge in [0.1, 0.15) is 5.92 Å². The summed E-state index contributed by atoms with van der Waals surface area (Å²) in [4.78, 5) is 28.1. The van der Waals surface area contributed by atoms with Gasteiger partial charge in [0.15, 0.2) is 11.6 Å². The minimum Gasteiger partial charge on any atom is -0.377 e. The number of hydrogen-bond acceptors (Lipinski definition) is 3. The Bertz CT molecular complexity index is 952. The summed E-state index contributed by atoms with van der Waals surface area (Å²) in [5, 5.41) is 1.73. The van der Waals surface area contributed by atoms with E-state index in [1.54, 1.807) is 0 Å². The smallest absolute Gasteiger partial charge is 0.178 e. The Morgan fingerprint density at radius 1 is 0.750 bits per heavy atom. The van der Waals surface area contributed by atoms with Gasteiger partial charge in [0.05, 0.1) is 0 Å². The van der Waals surface area contributed by atoms with Gasteiger partial charge in [0, 0.05) is 41.7 Å². The average molecular weight is 315 g/mol. The third-order valence-electron chi connectivity index (χ3n) is 4.69. The van der Waals surface area contributed by atoms with E-state index in [4.69, 9.17) is 0 Å². The van der Waals surface area contributed by atoms with Crippen molar-refractivity contribution in [3.05, 3.63) is 77.4 Å². The molecular weight excluding hydrogens is 298 g/mol. The van der Waals surface area contributed by atoms with E-state index in [0.717, 1.165) is 22.0 Å². The molecule has 1 unspecified atom stereocenters. The molecule has 3 nitrogen and oxygen atoms in total. The lowest BCUT2D eigenvalue weighted by molar-refractivity contribution is 0.0856. The highest BCUT2D eigenvalue weighted by atomic mass is 16.2. The summed E-state index contributed by atoms with van der Waals surface area (Å²) in [5.41, 5.74) is 3.04. The molecule has 0 amide bonds. The zero-order chi connectivity index (χ0) is 16.8. The lowest BCUT2D eigenvalue weighted by Crippen LogP contribution is -2.27. The molecule has 1 aliphatic carbocycles. The summed E-state index contributed by atoms with van der Waals surface area (Å²) in [6, 6.07) is 18.8. The van der Waals surface area contributed by atoms with E-state index in [-0.39, 0.29) is 11.6 Å². The Kier molecular flexibility index (Phi) is 3.24. The molecule has 3 aromatic carbocycles. The second-order valence-electron chi connectivity index (χ2n) is 6.33. The molecule has 1 aliphatic rings. The molecule has 0 saturated heterocycles. The Morgan fingerprint density at radius 3 is 2.08 bits per heavy atom. The van der Waals surface area contributed by atoms with Gasteiger partial charge < -0.3 is 4.90 Å². The fourth-order valence-electron chi connectivity index (χ4n) is 3.57. The quantitative estimate of drug-likeness (QED) is 0.669. The van der Waals surface area contributed by atoms with Crippen molar-refractivity contribution in [2.24, 2.45) is 0 Å². The number of nitrogens with zero attached hydrogens (tertiary/aromatic N) is 1. The molecule has 0 N–H and O–H groups in total. The maximum Gasteiger partial charge on any atom is 0.178 e. The fourth-order valence-corrected chi connectivity index (χ4v) is 3.57. The Hall–Kier alpha value is -2.94. The van der Waals surface area contributed by atoms with Crippen LogP contribution in [0.5, 0.6) is 0 Å². The third kappa shape index (κ3) is 1.98. The van der Waals surface area contributed by atoms with Crippen LogP contribution in [0, 0.1) is 0 Å². The maximum atomic E-state index is 13.1. The molecule has 4 rings (SSSR count). The van der Waals surface area contributed by atoms with Crippen LogP contribution in [0.15, 0.2) is 60.7 Å². The second kappa shape index (κ2) is 5.31. The molecule has 3 aromatic rings. The highest BCUT2D eigenvalue weighted by Crippen LogP contribution is 2.39. The fraction of sp³-hybridized carbons (Fsp3) is 0.143. The first-order chi connectivity index (χ1) is 11.6. The molecule has 24 heavy (non-hydrogen) atoms. The minimum absolute atomic E-state index is 0.111. The first-order valence-corrected chi connectivity index (χ1v) is 7.96. The topological polar surface area (TPSA) is 37.4 Å². The lowest BCUT2D eigenvalue weighted by atomic mass is 9.76. The van der Waals surface area contributed by atoms with Gasteiger partial charge in [-0.1, -0.05) is 48.5 Å². The molecule has 0 saturated carbocycles. The molecule has 0 fully saturated rings. The molecular formula is C21H17NO2. The van der Waals surface area contributed by atoms with Crippen molar-refractivity contribution in [2.45, 2.75) is 5.92 Å². The van der Waals surface area contributed by atoms with Gasteiger partial charge in [-0.3, -0.25) is 9.59 Å². The predicted octanol–water partition coefficient (Wildman–Crippen LogP) is 4.07. The zero-order valence-corrected chi connectivity index (χ0v) is 13.6. The highest BCUT2D eigenvalue weighted by Gasteiger charge is 2.37. The van der Waals surface area contributed by atoms with E-state index in [0.29, 0.717) is 11.1 Å². The minimum atomic E-state index is -0.741. The molecule has 118 valence electrons. The number of carbonyl (C=O) groups is 2. The van der Waals surface area contributed by atoms with Crippen LogP contribution in [-0.2, 0) is 0 Å². The van der Waals surface area contributed by atoms with Crippen molar-refractivity contribution in [1.29, 1.82) is 0 Å². The van der Waals surface area contributed by atoms with Crippen molar-refractivity contribution < 1.29 is 9.59 Å². The van der Waals surface area contributed by atoms with Crippen LogP contribution in [0.1, 0.15) is 32.2 Å². The molecule has 0 aliphatic heterocycles. The molecule has 0 spiro atoms. The molecule has 0 radical (unpaired) electrons. The van der Waals surface area contributed by atoms with Crippen LogP contribution >= 0.6 is 0 Å². The standard InChI is InChI=1S/C21H17NO2/c1-22(2)17-12-11-16-19-14(17)9-6-10-15(19)20(23)18(21(16)24)13-7-4-3-5-8-13/h3-12,18H,1-2H3.